The van der Waals surface area contributed by atoms with Gasteiger partial charge in [-0.05, 0) is 48.0 Å². The summed E-state index contributed by atoms with van der Waals surface area (Å²) in [7, 11) is 1.00. The first-order chi connectivity index (χ1) is 17.2. The van der Waals surface area contributed by atoms with Crippen LogP contribution in [-0.4, -0.2) is 58.2 Å². The number of carbonyl (C=O) groups is 4. The van der Waals surface area contributed by atoms with Crippen LogP contribution in [0, 0.1) is 10.8 Å². The maximum atomic E-state index is 11.4. The molecule has 0 atom stereocenters. The summed E-state index contributed by atoms with van der Waals surface area (Å²) in [5, 5.41) is 18.5. The molecule has 0 aliphatic carbocycles. The molecule has 39 heavy (non-hydrogen) atoms. The molecule has 0 radical (unpaired) electrons. The van der Waals surface area contributed by atoms with Crippen molar-refractivity contribution >= 4 is 29.7 Å². The van der Waals surface area contributed by atoms with Crippen molar-refractivity contribution in [1.82, 2.24) is 10.9 Å². The smallest absolute Gasteiger partial charge is 0.428 e. The van der Waals surface area contributed by atoms with Gasteiger partial charge in [0.15, 0.2) is 0 Å². The molecule has 0 rings (SSSR count). The summed E-state index contributed by atoms with van der Waals surface area (Å²) >= 11 is 0. The largest absolute Gasteiger partial charge is 0.481 e. The number of nitrogens with zero attached hydrogens (tertiary/aromatic N) is 1. The molecular weight excluding hydrogens is 508 g/mol. The van der Waals surface area contributed by atoms with Crippen molar-refractivity contribution in [2.75, 3.05) is 7.11 Å². The second kappa shape index (κ2) is 22.1. The van der Waals surface area contributed by atoms with Crippen molar-refractivity contribution < 1.29 is 38.9 Å². The number of hydrazone groups is 1. The average Bonchev–Trinajstić information content (AvgIpc) is 2.71. The van der Waals surface area contributed by atoms with E-state index in [9.17, 15) is 14.4 Å². The zero-order valence-electron chi connectivity index (χ0n) is 27.3. The van der Waals surface area contributed by atoms with Gasteiger partial charge in [-0.3, -0.25) is 15.0 Å². The molecular formula is C27H58N4O8. The van der Waals surface area contributed by atoms with Crippen LogP contribution >= 0.6 is 0 Å². The van der Waals surface area contributed by atoms with Crippen LogP contribution in [0.4, 0.5) is 9.59 Å². The van der Waals surface area contributed by atoms with E-state index in [4.69, 9.17) is 30.3 Å². The minimum absolute atomic E-state index is 0.0379. The zero-order chi connectivity index (χ0) is 32.8. The number of aliphatic hydroxyl groups is 1. The average molecular weight is 567 g/mol. The monoisotopic (exact) mass is 566 g/mol. The first kappa shape index (κ1) is 46.1. The van der Waals surface area contributed by atoms with Crippen LogP contribution in [0.3, 0.4) is 0 Å². The Bertz CT molecular complexity index is 720. The van der Waals surface area contributed by atoms with Gasteiger partial charge < -0.3 is 19.7 Å². The molecule has 0 saturated carbocycles. The number of aliphatic carboxylic acids is 1. The number of hydrogen-bond acceptors (Lipinski definition) is 9. The number of nitrogens with two attached hydrogens (primary N) is 1. The van der Waals surface area contributed by atoms with Crippen LogP contribution < -0.4 is 16.7 Å². The highest BCUT2D eigenvalue weighted by Crippen LogP contribution is 2.18. The summed E-state index contributed by atoms with van der Waals surface area (Å²) in [5.41, 5.74) is 4.10. The number of carbonyl (C=O) groups excluding carboxylic acids is 3. The normalized spacial score (nSPS) is 11.2. The van der Waals surface area contributed by atoms with E-state index in [0.29, 0.717) is 12.2 Å². The SMILES string of the molecule is CC(=O)O.CC(C)(C)OC(=O)NN.CC/C(=N\NC(=O)OC(C)(C)C)C(C)(C)C.CCC(=O)C(C)(C)C.CO. The fourth-order valence-corrected chi connectivity index (χ4v) is 2.03. The molecule has 12 nitrogen and oxygen atoms in total. The second-order valence-electron chi connectivity index (χ2n) is 12.0. The van der Waals surface area contributed by atoms with E-state index in [2.05, 4.69) is 31.3 Å². The number of aliphatic hydroxyl groups excluding tert-OH is 1. The molecule has 6 N–H and O–H groups in total. The highest BCUT2D eigenvalue weighted by Gasteiger charge is 2.20. The predicted molar refractivity (Wildman–Crippen MR) is 156 cm³/mol. The van der Waals surface area contributed by atoms with Gasteiger partial charge in [0.05, 0.1) is 0 Å². The summed E-state index contributed by atoms with van der Waals surface area (Å²) < 4.78 is 9.80. The molecule has 0 spiro atoms. The first-order valence-corrected chi connectivity index (χ1v) is 12.7. The number of nitrogens with one attached hydrogen (secondary N) is 2. The van der Waals surface area contributed by atoms with Crippen LogP contribution in [0.15, 0.2) is 5.10 Å². The third kappa shape index (κ3) is 42.6. The van der Waals surface area contributed by atoms with Crippen LogP contribution in [0.5, 0.6) is 0 Å². The minimum atomic E-state index is -0.833. The lowest BCUT2D eigenvalue weighted by atomic mass is 9.88. The quantitative estimate of drug-likeness (QED) is 0.128. The second-order valence-corrected chi connectivity index (χ2v) is 12.0. The number of Topliss-reactive ketones (excluding diaryl/α,β-unsaturated/α-hetero) is 1. The van der Waals surface area contributed by atoms with E-state index in [1.165, 1.54) is 0 Å². The van der Waals surface area contributed by atoms with Crippen molar-refractivity contribution in [2.45, 2.75) is 128 Å². The standard InChI is InChI=1S/C12H24N2O2.C7H14O.C5H12N2O2.C2H4O2.CH4O/c1-8-9(11(2,3)4)13-14-10(15)16-12(5,6)7;1-5-6(8)7(2,3)4;1-5(2,3)9-4(8)7-6;1-2(3)4;1-2/h8H2,1-7H3,(H,14,15);5H2,1-4H3;6H2,1-3H3,(H,7,8);1H3,(H,3,4);2H,1H3/b13-9+;;;;. The molecule has 0 fully saturated rings. The van der Waals surface area contributed by atoms with Gasteiger partial charge in [-0.25, -0.2) is 20.9 Å². The number of hydrazine groups is 1. The fourth-order valence-electron chi connectivity index (χ4n) is 2.03. The number of rotatable bonds is 3. The van der Waals surface area contributed by atoms with Gasteiger partial charge in [-0.2, -0.15) is 5.10 Å². The first-order valence-electron chi connectivity index (χ1n) is 12.7. The molecule has 0 aromatic carbocycles. The Morgan fingerprint density at radius 1 is 0.718 bits per heavy atom. The third-order valence-electron chi connectivity index (χ3n) is 3.56. The van der Waals surface area contributed by atoms with Gasteiger partial charge in [0, 0.05) is 37.0 Å². The molecule has 0 aromatic rings. The van der Waals surface area contributed by atoms with Gasteiger partial charge in [0.25, 0.3) is 5.97 Å². The summed E-state index contributed by atoms with van der Waals surface area (Å²) in [6, 6.07) is 0. The minimum Gasteiger partial charge on any atom is -0.481 e. The highest BCUT2D eigenvalue weighted by atomic mass is 16.6. The van der Waals surface area contributed by atoms with E-state index >= 15 is 0 Å². The number of hydrogen-bond donors (Lipinski definition) is 5. The van der Waals surface area contributed by atoms with E-state index < -0.39 is 29.4 Å². The van der Waals surface area contributed by atoms with Crippen LogP contribution in [0.1, 0.15) is 117 Å². The Morgan fingerprint density at radius 3 is 1.21 bits per heavy atom. The Kier molecular flexibility index (Phi) is 26.2. The van der Waals surface area contributed by atoms with E-state index in [0.717, 1.165) is 26.2 Å². The van der Waals surface area contributed by atoms with Crippen molar-refractivity contribution in [3.8, 4) is 0 Å². The molecule has 12 heteroatoms. The topological polar surface area (TPSA) is 190 Å². The number of ether oxygens (including phenoxy) is 2. The Balaban J connectivity index is -0.000000143. The van der Waals surface area contributed by atoms with Crippen molar-refractivity contribution in [3.05, 3.63) is 0 Å². The fraction of sp³-hybridized carbons (Fsp3) is 0.815. The van der Waals surface area contributed by atoms with E-state index in [1.54, 1.807) is 20.8 Å². The molecule has 0 aromatic heterocycles. The Labute approximate surface area is 236 Å². The summed E-state index contributed by atoms with van der Waals surface area (Å²) in [6.07, 6.45) is 0.341. The van der Waals surface area contributed by atoms with Gasteiger partial charge in [0.1, 0.15) is 17.0 Å². The maximum Gasteiger partial charge on any atom is 0.428 e. The van der Waals surface area contributed by atoms with Crippen molar-refractivity contribution in [3.63, 3.8) is 0 Å². The number of ketones is 1. The highest BCUT2D eigenvalue weighted by molar-refractivity contribution is 5.89. The molecule has 2 amide bonds. The van der Waals surface area contributed by atoms with Gasteiger partial charge >= 0.3 is 12.2 Å². The van der Waals surface area contributed by atoms with Crippen LogP contribution in [-0.2, 0) is 19.1 Å². The van der Waals surface area contributed by atoms with Crippen molar-refractivity contribution in [1.29, 1.82) is 0 Å². The predicted octanol–water partition coefficient (Wildman–Crippen LogP) is 5.42. The number of carboxylic acid groups (broad SMARTS) is 1. The van der Waals surface area contributed by atoms with E-state index in [1.807, 2.05) is 60.8 Å². The molecule has 0 heterocycles. The van der Waals surface area contributed by atoms with Crippen LogP contribution in [0.2, 0.25) is 0 Å². The molecule has 0 unspecified atom stereocenters. The molecule has 0 bridgehead atoms. The zero-order valence-corrected chi connectivity index (χ0v) is 27.3. The summed E-state index contributed by atoms with van der Waals surface area (Å²) in [4.78, 5) is 41.6. The van der Waals surface area contributed by atoms with Gasteiger partial charge in [-0.1, -0.05) is 55.4 Å². The van der Waals surface area contributed by atoms with Gasteiger partial charge in [0.2, 0.25) is 0 Å². The van der Waals surface area contributed by atoms with Gasteiger partial charge in [-0.15, -0.1) is 0 Å². The Morgan fingerprint density at radius 2 is 1.05 bits per heavy atom. The maximum absolute atomic E-state index is 11.4. The van der Waals surface area contributed by atoms with E-state index in [-0.39, 0.29) is 10.8 Å². The molecule has 0 aliphatic heterocycles. The lowest BCUT2D eigenvalue weighted by molar-refractivity contribution is -0.134. The van der Waals surface area contributed by atoms with Crippen molar-refractivity contribution in [2.24, 2.45) is 21.8 Å². The number of amides is 2. The molecule has 234 valence electrons. The summed E-state index contributed by atoms with van der Waals surface area (Å²) in [6.45, 7) is 27.8. The molecule has 0 aliphatic rings. The molecule has 0 saturated heterocycles. The lowest BCUT2D eigenvalue weighted by Crippen LogP contribution is -2.36. The van der Waals surface area contributed by atoms with Crippen LogP contribution in [0.25, 0.3) is 0 Å². The summed E-state index contributed by atoms with van der Waals surface area (Å²) in [5.74, 6) is 4.25. The Hall–Kier alpha value is -2.73. The third-order valence-corrected chi connectivity index (χ3v) is 3.56. The number of carboxylic acids is 1. The lowest BCUT2D eigenvalue weighted by Gasteiger charge is -2.21.